The fourth-order valence-electron chi connectivity index (χ4n) is 2.94. The number of H-pyrrole nitrogens is 1. The van der Waals surface area contributed by atoms with E-state index < -0.39 is 0 Å². The molecule has 0 spiro atoms. The zero-order valence-electron chi connectivity index (χ0n) is 15.5. The summed E-state index contributed by atoms with van der Waals surface area (Å²) in [6, 6.07) is 13.1. The van der Waals surface area contributed by atoms with Gasteiger partial charge in [-0.3, -0.25) is 9.59 Å². The molecule has 0 aliphatic rings. The Hall–Kier alpha value is -3.15. The highest BCUT2D eigenvalue weighted by Gasteiger charge is 2.07. The van der Waals surface area contributed by atoms with E-state index in [4.69, 9.17) is 4.74 Å². The number of aryl methyl sites for hydroxylation is 3. The first kappa shape index (κ1) is 18.6. The van der Waals surface area contributed by atoms with Gasteiger partial charge >= 0.3 is 0 Å². The molecule has 0 aliphatic carbocycles. The van der Waals surface area contributed by atoms with Crippen molar-refractivity contribution in [2.75, 3.05) is 13.2 Å². The van der Waals surface area contributed by atoms with E-state index in [0.29, 0.717) is 36.3 Å². The minimum absolute atomic E-state index is 0.101. The van der Waals surface area contributed by atoms with Crippen molar-refractivity contribution in [3.63, 3.8) is 0 Å². The number of nitrogens with one attached hydrogen (secondary N) is 2. The molecule has 0 atom stereocenters. The van der Waals surface area contributed by atoms with Gasteiger partial charge in [0.15, 0.2) is 0 Å². The molecule has 6 nitrogen and oxygen atoms in total. The van der Waals surface area contributed by atoms with Crippen molar-refractivity contribution < 1.29 is 9.53 Å². The van der Waals surface area contributed by atoms with Crippen LogP contribution in [0.1, 0.15) is 23.4 Å². The number of fused-ring (bicyclic) bond motifs is 1. The van der Waals surface area contributed by atoms with Crippen LogP contribution in [0.4, 0.5) is 0 Å². The summed E-state index contributed by atoms with van der Waals surface area (Å²) in [5.74, 6) is 1.28. The number of amides is 1. The molecule has 2 aromatic carbocycles. The minimum Gasteiger partial charge on any atom is -0.491 e. The van der Waals surface area contributed by atoms with Crippen LogP contribution in [-0.2, 0) is 11.2 Å². The number of ether oxygens (including phenoxy) is 1. The van der Waals surface area contributed by atoms with Gasteiger partial charge in [0.1, 0.15) is 18.2 Å². The smallest absolute Gasteiger partial charge is 0.258 e. The van der Waals surface area contributed by atoms with Gasteiger partial charge in [-0.25, -0.2) is 4.98 Å². The lowest BCUT2D eigenvalue weighted by molar-refractivity contribution is -0.121. The van der Waals surface area contributed by atoms with Gasteiger partial charge in [-0.15, -0.1) is 0 Å². The van der Waals surface area contributed by atoms with Crippen LogP contribution in [0.2, 0.25) is 0 Å². The van der Waals surface area contributed by atoms with E-state index in [0.717, 1.165) is 16.9 Å². The van der Waals surface area contributed by atoms with Gasteiger partial charge in [-0.05, 0) is 37.1 Å². The van der Waals surface area contributed by atoms with Crippen LogP contribution in [0.25, 0.3) is 10.9 Å². The fourth-order valence-corrected chi connectivity index (χ4v) is 2.94. The Kier molecular flexibility index (Phi) is 5.86. The molecule has 0 radical (unpaired) electrons. The number of carbonyl (C=O) groups is 1. The number of hydrogen-bond acceptors (Lipinski definition) is 4. The van der Waals surface area contributed by atoms with Gasteiger partial charge in [0, 0.05) is 12.8 Å². The van der Waals surface area contributed by atoms with Gasteiger partial charge in [0.2, 0.25) is 5.91 Å². The molecule has 140 valence electrons. The molecule has 0 saturated carbocycles. The molecule has 27 heavy (non-hydrogen) atoms. The highest BCUT2D eigenvalue weighted by Crippen LogP contribution is 2.21. The summed E-state index contributed by atoms with van der Waals surface area (Å²) in [7, 11) is 0. The number of carbonyl (C=O) groups excluding carboxylic acids is 1. The number of aromatic nitrogens is 2. The van der Waals surface area contributed by atoms with E-state index in [-0.39, 0.29) is 17.9 Å². The summed E-state index contributed by atoms with van der Waals surface area (Å²) in [5.41, 5.74) is 2.61. The van der Waals surface area contributed by atoms with E-state index in [1.165, 1.54) is 0 Å². The van der Waals surface area contributed by atoms with Crippen molar-refractivity contribution in [3.8, 4) is 5.75 Å². The van der Waals surface area contributed by atoms with Gasteiger partial charge in [0.25, 0.3) is 5.56 Å². The van der Waals surface area contributed by atoms with E-state index in [1.54, 1.807) is 18.2 Å². The average Bonchev–Trinajstić information content (AvgIpc) is 2.65. The summed E-state index contributed by atoms with van der Waals surface area (Å²) in [6.45, 7) is 4.83. The Morgan fingerprint density at radius 1 is 1.11 bits per heavy atom. The molecule has 6 heteroatoms. The second-order valence-corrected chi connectivity index (χ2v) is 6.45. The Bertz CT molecular complexity index is 991. The van der Waals surface area contributed by atoms with Crippen LogP contribution in [0.5, 0.6) is 5.75 Å². The predicted octanol–water partition coefficient (Wildman–Crippen LogP) is 2.67. The van der Waals surface area contributed by atoms with Gasteiger partial charge in [-0.1, -0.05) is 30.3 Å². The first-order chi connectivity index (χ1) is 13.0. The Morgan fingerprint density at radius 3 is 2.63 bits per heavy atom. The lowest BCUT2D eigenvalue weighted by atomic mass is 10.1. The van der Waals surface area contributed by atoms with Gasteiger partial charge < -0.3 is 15.0 Å². The molecule has 0 fully saturated rings. The summed E-state index contributed by atoms with van der Waals surface area (Å²) >= 11 is 0. The lowest BCUT2D eigenvalue weighted by Gasteiger charge is -2.12. The number of nitrogens with zero attached hydrogens (tertiary/aromatic N) is 1. The fraction of sp³-hybridized carbons (Fsp3) is 0.286. The number of para-hydroxylation sites is 2. The maximum atomic E-state index is 12.0. The molecular formula is C21H23N3O3. The van der Waals surface area contributed by atoms with Gasteiger partial charge in [-0.2, -0.15) is 0 Å². The zero-order valence-corrected chi connectivity index (χ0v) is 15.5. The summed E-state index contributed by atoms with van der Waals surface area (Å²) < 4.78 is 5.77. The third-order valence-corrected chi connectivity index (χ3v) is 4.33. The van der Waals surface area contributed by atoms with E-state index in [1.807, 2.05) is 38.1 Å². The first-order valence-electron chi connectivity index (χ1n) is 8.98. The summed E-state index contributed by atoms with van der Waals surface area (Å²) in [5, 5.41) is 3.38. The van der Waals surface area contributed by atoms with Crippen LogP contribution >= 0.6 is 0 Å². The van der Waals surface area contributed by atoms with Crippen molar-refractivity contribution in [1.29, 1.82) is 0 Å². The largest absolute Gasteiger partial charge is 0.491 e. The quantitative estimate of drug-likeness (QED) is 0.631. The number of aromatic amines is 1. The third kappa shape index (κ3) is 4.73. The number of rotatable bonds is 7. The van der Waals surface area contributed by atoms with Crippen LogP contribution in [0.15, 0.2) is 47.3 Å². The first-order valence-corrected chi connectivity index (χ1v) is 8.98. The maximum Gasteiger partial charge on any atom is 0.258 e. The van der Waals surface area contributed by atoms with Crippen molar-refractivity contribution in [3.05, 3.63) is 69.8 Å². The Balaban J connectivity index is 1.47. The Labute approximate surface area is 157 Å². The van der Waals surface area contributed by atoms with Crippen molar-refractivity contribution in [2.45, 2.75) is 26.7 Å². The number of benzene rings is 2. The van der Waals surface area contributed by atoms with Crippen molar-refractivity contribution in [1.82, 2.24) is 15.3 Å². The van der Waals surface area contributed by atoms with E-state index in [2.05, 4.69) is 15.3 Å². The molecule has 1 heterocycles. The molecule has 2 N–H and O–H groups in total. The molecule has 0 unspecified atom stereocenters. The minimum atomic E-state index is -0.182. The average molecular weight is 365 g/mol. The molecule has 0 aliphatic heterocycles. The van der Waals surface area contributed by atoms with Gasteiger partial charge in [0.05, 0.1) is 17.4 Å². The molecular weight excluding hydrogens is 342 g/mol. The highest BCUT2D eigenvalue weighted by atomic mass is 16.5. The maximum absolute atomic E-state index is 12.0. The van der Waals surface area contributed by atoms with E-state index >= 15 is 0 Å². The number of hydrogen-bond donors (Lipinski definition) is 2. The summed E-state index contributed by atoms with van der Waals surface area (Å²) in [4.78, 5) is 31.2. The van der Waals surface area contributed by atoms with Crippen molar-refractivity contribution in [2.24, 2.45) is 0 Å². The molecule has 1 aromatic heterocycles. The highest BCUT2D eigenvalue weighted by molar-refractivity contribution is 5.78. The molecule has 0 saturated heterocycles. The zero-order chi connectivity index (χ0) is 19.2. The van der Waals surface area contributed by atoms with Crippen LogP contribution < -0.4 is 15.6 Å². The lowest BCUT2D eigenvalue weighted by Crippen LogP contribution is -2.28. The van der Waals surface area contributed by atoms with E-state index in [9.17, 15) is 9.59 Å². The normalized spacial score (nSPS) is 10.7. The molecule has 1 amide bonds. The van der Waals surface area contributed by atoms with Crippen LogP contribution in [0, 0.1) is 13.8 Å². The van der Waals surface area contributed by atoms with Crippen molar-refractivity contribution >= 4 is 16.8 Å². The molecule has 3 aromatic rings. The topological polar surface area (TPSA) is 84.1 Å². The monoisotopic (exact) mass is 365 g/mol. The Morgan fingerprint density at radius 2 is 1.85 bits per heavy atom. The summed E-state index contributed by atoms with van der Waals surface area (Å²) in [6.07, 6.45) is 0.633. The molecule has 0 bridgehead atoms. The SMILES string of the molecule is Cc1cccc(C)c1OCCNC(=O)CCc1nc2ccccc2c(=O)[nH]1. The second-order valence-electron chi connectivity index (χ2n) is 6.45. The van der Waals surface area contributed by atoms with Crippen LogP contribution in [-0.4, -0.2) is 29.0 Å². The predicted molar refractivity (Wildman–Crippen MR) is 105 cm³/mol. The second kappa shape index (κ2) is 8.49. The third-order valence-electron chi connectivity index (χ3n) is 4.33. The standard InChI is InChI=1S/C21H23N3O3/c1-14-6-5-7-15(2)20(14)27-13-12-22-19(25)11-10-18-23-17-9-4-3-8-16(17)21(26)24-18/h3-9H,10-13H2,1-2H3,(H,22,25)(H,23,24,26). The molecule has 3 rings (SSSR count). The van der Waals surface area contributed by atoms with Crippen LogP contribution in [0.3, 0.4) is 0 Å².